The Morgan fingerprint density at radius 3 is 2.50 bits per heavy atom. The van der Waals surface area contributed by atoms with Crippen LogP contribution in [0.4, 0.5) is 0 Å². The summed E-state index contributed by atoms with van der Waals surface area (Å²) in [6.07, 6.45) is 0.0117. The normalized spacial score (nSPS) is 10.5. The van der Waals surface area contributed by atoms with Crippen LogP contribution < -0.4 is 15.6 Å². The van der Waals surface area contributed by atoms with Gasteiger partial charge < -0.3 is 15.0 Å². The maximum Gasteiger partial charge on any atom is 0.254 e. The SMILES string of the molecule is Cc1nc(C)c(CC(=O)NCCOc2c(C)cccc2C)c(=O)[nH]1. The molecule has 0 saturated carbocycles. The number of rotatable bonds is 6. The summed E-state index contributed by atoms with van der Waals surface area (Å²) in [4.78, 5) is 30.7. The van der Waals surface area contributed by atoms with Gasteiger partial charge in [0.25, 0.3) is 5.56 Å². The van der Waals surface area contributed by atoms with Gasteiger partial charge in [-0.1, -0.05) is 18.2 Å². The van der Waals surface area contributed by atoms with Gasteiger partial charge in [0.05, 0.1) is 13.0 Å². The first-order chi connectivity index (χ1) is 11.4. The maximum atomic E-state index is 12.0. The number of ether oxygens (including phenoxy) is 1. The molecule has 0 fully saturated rings. The highest BCUT2D eigenvalue weighted by atomic mass is 16.5. The van der Waals surface area contributed by atoms with Gasteiger partial charge in [0.15, 0.2) is 0 Å². The van der Waals surface area contributed by atoms with Crippen molar-refractivity contribution in [2.75, 3.05) is 13.2 Å². The number of nitrogens with one attached hydrogen (secondary N) is 2. The number of benzene rings is 1. The van der Waals surface area contributed by atoms with E-state index in [1.54, 1.807) is 13.8 Å². The number of amides is 1. The Bertz CT molecular complexity index is 776. The van der Waals surface area contributed by atoms with Crippen LogP contribution in [0.2, 0.25) is 0 Å². The largest absolute Gasteiger partial charge is 0.491 e. The lowest BCUT2D eigenvalue weighted by Crippen LogP contribution is -2.32. The Kier molecular flexibility index (Phi) is 5.73. The molecule has 1 heterocycles. The third kappa shape index (κ3) is 4.44. The van der Waals surface area contributed by atoms with E-state index >= 15 is 0 Å². The van der Waals surface area contributed by atoms with Gasteiger partial charge in [-0.05, 0) is 38.8 Å². The molecule has 0 unspecified atom stereocenters. The average molecular weight is 329 g/mol. The number of hydrogen-bond donors (Lipinski definition) is 2. The Morgan fingerprint density at radius 2 is 1.88 bits per heavy atom. The minimum atomic E-state index is -0.262. The van der Waals surface area contributed by atoms with E-state index in [1.165, 1.54) is 0 Å². The lowest BCUT2D eigenvalue weighted by Gasteiger charge is -2.12. The molecule has 2 aromatic rings. The van der Waals surface area contributed by atoms with Gasteiger partial charge in [0, 0.05) is 11.3 Å². The van der Waals surface area contributed by atoms with Gasteiger partial charge in [0.1, 0.15) is 18.2 Å². The maximum absolute atomic E-state index is 12.0. The minimum absolute atomic E-state index is 0.0117. The zero-order valence-corrected chi connectivity index (χ0v) is 14.5. The average Bonchev–Trinajstić information content (AvgIpc) is 2.49. The van der Waals surface area contributed by atoms with E-state index in [4.69, 9.17) is 4.74 Å². The van der Waals surface area contributed by atoms with Gasteiger partial charge in [-0.3, -0.25) is 9.59 Å². The number of aromatic amines is 1. The zero-order chi connectivity index (χ0) is 17.7. The van der Waals surface area contributed by atoms with Crippen molar-refractivity contribution in [3.05, 3.63) is 56.8 Å². The molecule has 0 spiro atoms. The third-order valence-electron chi connectivity index (χ3n) is 3.76. The van der Waals surface area contributed by atoms with Crippen molar-refractivity contribution in [3.63, 3.8) is 0 Å². The van der Waals surface area contributed by atoms with Crippen LogP contribution in [0.25, 0.3) is 0 Å². The fraction of sp³-hybridized carbons (Fsp3) is 0.389. The molecule has 6 nitrogen and oxygen atoms in total. The molecule has 6 heteroatoms. The lowest BCUT2D eigenvalue weighted by molar-refractivity contribution is -0.120. The van der Waals surface area contributed by atoms with E-state index in [0.717, 1.165) is 16.9 Å². The summed E-state index contributed by atoms with van der Waals surface area (Å²) in [5.41, 5.74) is 2.84. The van der Waals surface area contributed by atoms with E-state index in [2.05, 4.69) is 15.3 Å². The van der Waals surface area contributed by atoms with Crippen molar-refractivity contribution in [2.24, 2.45) is 0 Å². The number of para-hydroxylation sites is 1. The second-order valence-electron chi connectivity index (χ2n) is 5.81. The first-order valence-electron chi connectivity index (χ1n) is 7.90. The number of aryl methyl sites for hydroxylation is 4. The van der Waals surface area contributed by atoms with Crippen LogP contribution in [0.1, 0.15) is 28.2 Å². The number of aromatic nitrogens is 2. The highest BCUT2D eigenvalue weighted by Gasteiger charge is 2.11. The molecule has 2 N–H and O–H groups in total. The van der Waals surface area contributed by atoms with E-state index in [9.17, 15) is 9.59 Å². The van der Waals surface area contributed by atoms with E-state index in [1.807, 2.05) is 32.0 Å². The highest BCUT2D eigenvalue weighted by molar-refractivity contribution is 5.78. The number of carbonyl (C=O) groups excluding carboxylic acids is 1. The summed E-state index contributed by atoms with van der Waals surface area (Å²) in [5, 5.41) is 2.76. The van der Waals surface area contributed by atoms with Crippen molar-refractivity contribution in [3.8, 4) is 5.75 Å². The number of hydrogen-bond acceptors (Lipinski definition) is 4. The van der Waals surface area contributed by atoms with Crippen LogP contribution in [0.15, 0.2) is 23.0 Å². The quantitative estimate of drug-likeness (QED) is 0.791. The molecule has 24 heavy (non-hydrogen) atoms. The van der Waals surface area contributed by atoms with Crippen molar-refractivity contribution in [1.82, 2.24) is 15.3 Å². The van der Waals surface area contributed by atoms with Crippen LogP contribution >= 0.6 is 0 Å². The molecule has 0 aliphatic heterocycles. The van der Waals surface area contributed by atoms with Crippen LogP contribution in [0, 0.1) is 27.7 Å². The van der Waals surface area contributed by atoms with E-state index < -0.39 is 0 Å². The van der Waals surface area contributed by atoms with Crippen LogP contribution in [0.5, 0.6) is 5.75 Å². The summed E-state index contributed by atoms with van der Waals surface area (Å²) in [7, 11) is 0. The van der Waals surface area contributed by atoms with Gasteiger partial charge in [-0.2, -0.15) is 0 Å². The number of H-pyrrole nitrogens is 1. The first-order valence-corrected chi connectivity index (χ1v) is 7.90. The molecule has 0 atom stereocenters. The lowest BCUT2D eigenvalue weighted by atomic mass is 10.1. The summed E-state index contributed by atoms with van der Waals surface area (Å²) in [6, 6.07) is 5.95. The highest BCUT2D eigenvalue weighted by Crippen LogP contribution is 2.21. The van der Waals surface area contributed by atoms with Crippen molar-refractivity contribution < 1.29 is 9.53 Å². The topological polar surface area (TPSA) is 84.1 Å². The number of carbonyl (C=O) groups is 1. The molecular weight excluding hydrogens is 306 g/mol. The molecule has 1 amide bonds. The predicted octanol–water partition coefficient (Wildman–Crippen LogP) is 1.74. The molecule has 0 aliphatic carbocycles. The Morgan fingerprint density at radius 1 is 1.21 bits per heavy atom. The summed E-state index contributed by atoms with van der Waals surface area (Å²) in [6.45, 7) is 8.17. The van der Waals surface area contributed by atoms with E-state index in [-0.39, 0.29) is 17.9 Å². The summed E-state index contributed by atoms with van der Waals surface area (Å²) < 4.78 is 5.74. The zero-order valence-electron chi connectivity index (χ0n) is 14.5. The smallest absolute Gasteiger partial charge is 0.254 e. The molecule has 2 rings (SSSR count). The Hall–Kier alpha value is -2.63. The van der Waals surface area contributed by atoms with Crippen molar-refractivity contribution in [1.29, 1.82) is 0 Å². The molecular formula is C18H23N3O3. The molecule has 0 bridgehead atoms. The molecule has 0 saturated heterocycles. The molecule has 0 aliphatic rings. The summed E-state index contributed by atoms with van der Waals surface area (Å²) >= 11 is 0. The fourth-order valence-electron chi connectivity index (χ4n) is 2.55. The molecule has 1 aromatic heterocycles. The second kappa shape index (κ2) is 7.77. The standard InChI is InChI=1S/C18H23N3O3/c1-11-6-5-7-12(2)17(11)24-9-8-19-16(22)10-15-13(3)20-14(4)21-18(15)23/h5-7H,8-10H2,1-4H3,(H,19,22)(H,20,21,23). The van der Waals surface area contributed by atoms with Gasteiger partial charge in [-0.25, -0.2) is 4.98 Å². The van der Waals surface area contributed by atoms with Gasteiger partial charge in [0.2, 0.25) is 5.91 Å². The van der Waals surface area contributed by atoms with Crippen LogP contribution in [-0.4, -0.2) is 29.0 Å². The summed E-state index contributed by atoms with van der Waals surface area (Å²) in [5.74, 6) is 1.17. The predicted molar refractivity (Wildman–Crippen MR) is 92.5 cm³/mol. The van der Waals surface area contributed by atoms with Crippen LogP contribution in [-0.2, 0) is 11.2 Å². The Balaban J connectivity index is 1.85. The van der Waals surface area contributed by atoms with Crippen LogP contribution in [0.3, 0.4) is 0 Å². The van der Waals surface area contributed by atoms with Gasteiger partial charge >= 0.3 is 0 Å². The third-order valence-corrected chi connectivity index (χ3v) is 3.76. The Labute approximate surface area is 141 Å². The fourth-order valence-corrected chi connectivity index (χ4v) is 2.55. The van der Waals surface area contributed by atoms with Gasteiger partial charge in [-0.15, -0.1) is 0 Å². The monoisotopic (exact) mass is 329 g/mol. The van der Waals surface area contributed by atoms with Crippen molar-refractivity contribution in [2.45, 2.75) is 34.1 Å². The molecule has 128 valence electrons. The van der Waals surface area contributed by atoms with E-state index in [0.29, 0.717) is 30.2 Å². The second-order valence-corrected chi connectivity index (χ2v) is 5.81. The minimum Gasteiger partial charge on any atom is -0.491 e. The number of nitrogens with zero attached hydrogens (tertiary/aromatic N) is 1. The van der Waals surface area contributed by atoms with Crippen molar-refractivity contribution >= 4 is 5.91 Å². The molecule has 1 aromatic carbocycles. The first kappa shape index (κ1) is 17.7. The molecule has 0 radical (unpaired) electrons.